The third kappa shape index (κ3) is 3.14. The zero-order valence-corrected chi connectivity index (χ0v) is 15.0. The molecule has 2 saturated carbocycles. The lowest BCUT2D eigenvalue weighted by Crippen LogP contribution is -2.51. The van der Waals surface area contributed by atoms with Crippen molar-refractivity contribution in [1.29, 1.82) is 0 Å². The van der Waals surface area contributed by atoms with Crippen molar-refractivity contribution in [1.82, 2.24) is 9.80 Å². The van der Waals surface area contributed by atoms with Crippen LogP contribution in [-0.2, 0) is 6.54 Å². The van der Waals surface area contributed by atoms with Crippen molar-refractivity contribution in [2.45, 2.75) is 38.3 Å². The number of hydrogen-bond acceptors (Lipinski definition) is 4. The molecule has 0 N–H and O–H groups in total. The van der Waals surface area contributed by atoms with Crippen molar-refractivity contribution >= 4 is 0 Å². The smallest absolute Gasteiger partial charge is 0.123 e. The van der Waals surface area contributed by atoms with Crippen LogP contribution in [0.25, 0.3) is 0 Å². The standard InChI is InChI=1S/C20H30N2O2/c1-23-18-5-6-20(24-2)17(13-18)14-21-7-9-22(10-8-21)19-12-15-3-4-16(19)11-15/h5-6,13,15-16,19H,3-4,7-12,14H2,1-2H3/t15-,16-,19+/m0/s1. The quantitative estimate of drug-likeness (QED) is 0.828. The molecule has 1 aromatic carbocycles. The molecule has 3 fully saturated rings. The minimum Gasteiger partial charge on any atom is -0.497 e. The summed E-state index contributed by atoms with van der Waals surface area (Å²) in [5.74, 6) is 3.91. The zero-order valence-electron chi connectivity index (χ0n) is 15.0. The molecule has 0 spiro atoms. The van der Waals surface area contributed by atoms with E-state index in [1.54, 1.807) is 14.2 Å². The van der Waals surface area contributed by atoms with Crippen molar-refractivity contribution in [3.63, 3.8) is 0 Å². The second kappa shape index (κ2) is 6.93. The molecule has 4 heteroatoms. The molecule has 1 heterocycles. The number of piperazine rings is 1. The van der Waals surface area contributed by atoms with Crippen LogP contribution < -0.4 is 9.47 Å². The Morgan fingerprint density at radius 3 is 2.46 bits per heavy atom. The first-order chi connectivity index (χ1) is 11.8. The van der Waals surface area contributed by atoms with E-state index in [1.165, 1.54) is 44.3 Å². The molecule has 1 aliphatic heterocycles. The minimum absolute atomic E-state index is 0.886. The molecule has 3 aliphatic rings. The van der Waals surface area contributed by atoms with Gasteiger partial charge in [0.2, 0.25) is 0 Å². The maximum atomic E-state index is 5.53. The molecule has 1 saturated heterocycles. The van der Waals surface area contributed by atoms with E-state index in [1.807, 2.05) is 12.1 Å². The first-order valence-electron chi connectivity index (χ1n) is 9.44. The zero-order chi connectivity index (χ0) is 16.5. The molecule has 4 nitrogen and oxygen atoms in total. The molecule has 2 aliphatic carbocycles. The van der Waals surface area contributed by atoms with Gasteiger partial charge in [0, 0.05) is 44.3 Å². The molecule has 0 aromatic heterocycles. The lowest BCUT2D eigenvalue weighted by atomic mass is 9.93. The van der Waals surface area contributed by atoms with Gasteiger partial charge in [-0.3, -0.25) is 9.80 Å². The van der Waals surface area contributed by atoms with Gasteiger partial charge in [0.05, 0.1) is 14.2 Å². The van der Waals surface area contributed by atoms with E-state index >= 15 is 0 Å². The SMILES string of the molecule is COc1ccc(OC)c(CN2CCN([C@@H]3C[C@H]4CC[C@H]3C4)CC2)c1. The fraction of sp³-hybridized carbons (Fsp3) is 0.700. The van der Waals surface area contributed by atoms with E-state index in [0.717, 1.165) is 49.0 Å². The summed E-state index contributed by atoms with van der Waals surface area (Å²) in [7, 11) is 3.47. The topological polar surface area (TPSA) is 24.9 Å². The van der Waals surface area contributed by atoms with Gasteiger partial charge in [-0.1, -0.05) is 6.42 Å². The Kier molecular flexibility index (Phi) is 4.68. The summed E-state index contributed by atoms with van der Waals surface area (Å²) < 4.78 is 10.9. The van der Waals surface area contributed by atoms with Crippen LogP contribution in [0.15, 0.2) is 18.2 Å². The lowest BCUT2D eigenvalue weighted by Gasteiger charge is -2.41. The summed E-state index contributed by atoms with van der Waals surface area (Å²) in [6.07, 6.45) is 5.95. The van der Waals surface area contributed by atoms with Gasteiger partial charge in [-0.15, -0.1) is 0 Å². The van der Waals surface area contributed by atoms with Crippen LogP contribution in [-0.4, -0.2) is 56.2 Å². The monoisotopic (exact) mass is 330 g/mol. The molecule has 132 valence electrons. The molecule has 0 radical (unpaired) electrons. The van der Waals surface area contributed by atoms with Gasteiger partial charge in [0.25, 0.3) is 0 Å². The van der Waals surface area contributed by atoms with E-state index < -0.39 is 0 Å². The number of ether oxygens (including phenoxy) is 2. The molecular weight excluding hydrogens is 300 g/mol. The first kappa shape index (κ1) is 16.2. The first-order valence-corrected chi connectivity index (χ1v) is 9.44. The summed E-state index contributed by atoms with van der Waals surface area (Å²) >= 11 is 0. The predicted octanol–water partition coefficient (Wildman–Crippen LogP) is 3.01. The average molecular weight is 330 g/mol. The predicted molar refractivity (Wildman–Crippen MR) is 95.6 cm³/mol. The summed E-state index contributed by atoms with van der Waals surface area (Å²) in [5, 5.41) is 0. The molecule has 0 amide bonds. The van der Waals surface area contributed by atoms with E-state index in [9.17, 15) is 0 Å². The van der Waals surface area contributed by atoms with E-state index in [0.29, 0.717) is 0 Å². The summed E-state index contributed by atoms with van der Waals surface area (Å²) in [6, 6.07) is 6.98. The number of rotatable bonds is 5. The fourth-order valence-electron chi connectivity index (χ4n) is 5.16. The molecule has 2 bridgehead atoms. The van der Waals surface area contributed by atoms with Crippen LogP contribution >= 0.6 is 0 Å². The highest BCUT2D eigenvalue weighted by Crippen LogP contribution is 2.46. The van der Waals surface area contributed by atoms with Gasteiger partial charge in [-0.2, -0.15) is 0 Å². The van der Waals surface area contributed by atoms with E-state index in [2.05, 4.69) is 15.9 Å². The number of methoxy groups -OCH3 is 2. The second-order valence-electron chi connectivity index (χ2n) is 7.73. The molecular formula is C20H30N2O2. The Labute approximate surface area is 145 Å². The summed E-state index contributed by atoms with van der Waals surface area (Å²) in [5.41, 5.74) is 1.23. The highest BCUT2D eigenvalue weighted by atomic mass is 16.5. The van der Waals surface area contributed by atoms with Gasteiger partial charge < -0.3 is 9.47 Å². The van der Waals surface area contributed by atoms with Crippen molar-refractivity contribution in [3.05, 3.63) is 23.8 Å². The second-order valence-corrected chi connectivity index (χ2v) is 7.73. The van der Waals surface area contributed by atoms with E-state index in [-0.39, 0.29) is 0 Å². The van der Waals surface area contributed by atoms with Gasteiger partial charge in [0.15, 0.2) is 0 Å². The number of benzene rings is 1. The Hall–Kier alpha value is -1.26. The Balaban J connectivity index is 1.35. The third-order valence-corrected chi connectivity index (χ3v) is 6.46. The summed E-state index contributed by atoms with van der Waals surface area (Å²) in [4.78, 5) is 5.34. The number of hydrogen-bond donors (Lipinski definition) is 0. The van der Waals surface area contributed by atoms with Gasteiger partial charge in [0.1, 0.15) is 11.5 Å². The highest BCUT2D eigenvalue weighted by molar-refractivity contribution is 5.40. The van der Waals surface area contributed by atoms with Crippen LogP contribution in [0.1, 0.15) is 31.2 Å². The Morgan fingerprint density at radius 1 is 1.00 bits per heavy atom. The van der Waals surface area contributed by atoms with E-state index in [4.69, 9.17) is 9.47 Å². The third-order valence-electron chi connectivity index (χ3n) is 6.46. The maximum Gasteiger partial charge on any atom is 0.123 e. The molecule has 0 unspecified atom stereocenters. The van der Waals surface area contributed by atoms with Crippen LogP contribution in [0.2, 0.25) is 0 Å². The Bertz CT molecular complexity index is 569. The van der Waals surface area contributed by atoms with Crippen molar-refractivity contribution in [2.75, 3.05) is 40.4 Å². The fourth-order valence-corrected chi connectivity index (χ4v) is 5.16. The Morgan fingerprint density at radius 2 is 1.83 bits per heavy atom. The van der Waals surface area contributed by atoms with Crippen LogP contribution in [0.3, 0.4) is 0 Å². The molecule has 4 rings (SSSR count). The minimum atomic E-state index is 0.886. The van der Waals surface area contributed by atoms with Crippen LogP contribution in [0.4, 0.5) is 0 Å². The maximum absolute atomic E-state index is 5.53. The molecule has 1 aromatic rings. The normalized spacial score (nSPS) is 30.7. The van der Waals surface area contributed by atoms with Crippen molar-refractivity contribution < 1.29 is 9.47 Å². The lowest BCUT2D eigenvalue weighted by molar-refractivity contribution is 0.0676. The van der Waals surface area contributed by atoms with Crippen molar-refractivity contribution in [3.8, 4) is 11.5 Å². The average Bonchev–Trinajstić information content (AvgIpc) is 3.25. The van der Waals surface area contributed by atoms with Gasteiger partial charge in [-0.25, -0.2) is 0 Å². The number of nitrogens with zero attached hydrogens (tertiary/aromatic N) is 2. The largest absolute Gasteiger partial charge is 0.497 e. The van der Waals surface area contributed by atoms with Crippen LogP contribution in [0, 0.1) is 11.8 Å². The molecule has 3 atom stereocenters. The van der Waals surface area contributed by atoms with Gasteiger partial charge in [-0.05, 0) is 49.3 Å². The van der Waals surface area contributed by atoms with Crippen LogP contribution in [0.5, 0.6) is 11.5 Å². The highest BCUT2D eigenvalue weighted by Gasteiger charge is 2.42. The van der Waals surface area contributed by atoms with Crippen molar-refractivity contribution in [2.24, 2.45) is 11.8 Å². The number of fused-ring (bicyclic) bond motifs is 2. The molecule has 24 heavy (non-hydrogen) atoms. The van der Waals surface area contributed by atoms with Gasteiger partial charge >= 0.3 is 0 Å². The summed E-state index contributed by atoms with van der Waals surface area (Å²) in [6.45, 7) is 5.72.